The number of fused-ring (bicyclic) bond motifs is 1. The predicted molar refractivity (Wildman–Crippen MR) is 106 cm³/mol. The van der Waals surface area contributed by atoms with Crippen LogP contribution in [0.1, 0.15) is 24.5 Å². The summed E-state index contributed by atoms with van der Waals surface area (Å²) in [4.78, 5) is 23.7. The summed E-state index contributed by atoms with van der Waals surface area (Å²) in [6, 6.07) is 9.90. The second-order valence-electron chi connectivity index (χ2n) is 6.92. The number of ether oxygens (including phenoxy) is 1. The summed E-state index contributed by atoms with van der Waals surface area (Å²) in [5.41, 5.74) is 3.09. The molecule has 0 aromatic heterocycles. The van der Waals surface area contributed by atoms with Crippen molar-refractivity contribution in [2.24, 2.45) is 0 Å². The molecule has 0 spiro atoms. The molecule has 1 atom stereocenters. The Hall–Kier alpha value is -2.87. The first-order valence-corrected chi connectivity index (χ1v) is 10.4. The molecule has 0 bridgehead atoms. The molecule has 2 aromatic rings. The molecule has 0 saturated carbocycles. The van der Waals surface area contributed by atoms with Gasteiger partial charge < -0.3 is 15.4 Å². The number of carbonyl (C=O) groups excluding carboxylic acids is 2. The number of amides is 2. The van der Waals surface area contributed by atoms with E-state index in [0.717, 1.165) is 11.1 Å². The van der Waals surface area contributed by atoms with Gasteiger partial charge in [0.2, 0.25) is 5.91 Å². The number of carbonyl (C=O) groups is 2. The summed E-state index contributed by atoms with van der Waals surface area (Å²) in [6.45, 7) is 5.18. The Morgan fingerprint density at radius 1 is 1.21 bits per heavy atom. The van der Waals surface area contributed by atoms with Crippen LogP contribution in [0.2, 0.25) is 0 Å². The maximum atomic E-state index is 12.9. The highest BCUT2D eigenvalue weighted by Gasteiger charge is 2.28. The van der Waals surface area contributed by atoms with Gasteiger partial charge in [-0.1, -0.05) is 17.7 Å². The Labute approximate surface area is 164 Å². The number of hydrogen-bond donors (Lipinski definition) is 2. The minimum Gasteiger partial charge on any atom is -0.482 e. The normalized spacial score (nSPS) is 14.5. The third-order valence-corrected chi connectivity index (χ3v) is 6.71. The molecule has 2 amide bonds. The van der Waals surface area contributed by atoms with E-state index in [1.807, 2.05) is 26.0 Å². The van der Waals surface area contributed by atoms with Gasteiger partial charge in [-0.05, 0) is 44.5 Å². The Balaban J connectivity index is 1.73. The quantitative estimate of drug-likeness (QED) is 0.801. The highest BCUT2D eigenvalue weighted by molar-refractivity contribution is 7.92. The number of benzene rings is 2. The predicted octanol–water partition coefficient (Wildman–Crippen LogP) is 2.83. The molecule has 28 heavy (non-hydrogen) atoms. The van der Waals surface area contributed by atoms with E-state index in [9.17, 15) is 18.0 Å². The lowest BCUT2D eigenvalue weighted by molar-refractivity contribution is -0.118. The van der Waals surface area contributed by atoms with Crippen LogP contribution in [0.4, 0.5) is 11.4 Å². The summed E-state index contributed by atoms with van der Waals surface area (Å²) >= 11 is 0. The topological polar surface area (TPSA) is 102 Å². The molecule has 1 aliphatic rings. The zero-order valence-corrected chi connectivity index (χ0v) is 16.7. The molecule has 1 aliphatic heterocycles. The molecule has 0 saturated heterocycles. The van der Waals surface area contributed by atoms with Crippen molar-refractivity contribution in [1.29, 1.82) is 0 Å². The molecule has 7 nitrogen and oxygen atoms in total. The van der Waals surface area contributed by atoms with E-state index in [0.29, 0.717) is 17.1 Å². The van der Waals surface area contributed by atoms with Gasteiger partial charge in [-0.2, -0.15) is 0 Å². The smallest absolute Gasteiger partial charge is 0.262 e. The van der Waals surface area contributed by atoms with Crippen LogP contribution < -0.4 is 15.4 Å². The third-order valence-electron chi connectivity index (χ3n) is 4.57. The van der Waals surface area contributed by atoms with E-state index in [1.54, 1.807) is 6.07 Å². The summed E-state index contributed by atoms with van der Waals surface area (Å²) in [5.74, 6) is -0.364. The molecule has 0 aliphatic carbocycles. The van der Waals surface area contributed by atoms with E-state index in [4.69, 9.17) is 4.74 Å². The van der Waals surface area contributed by atoms with Crippen molar-refractivity contribution in [1.82, 2.24) is 0 Å². The standard InChI is InChI=1S/C20H22N2O5S/c1-12-4-6-16(13(2)8-12)21-19(23)9-14(3)28(25,26)15-5-7-17-18(10-15)27-11-20(24)22-17/h4-8,10,14H,9,11H2,1-3H3,(H,21,23)(H,22,24). The number of aryl methyl sites for hydroxylation is 2. The minimum atomic E-state index is -3.74. The van der Waals surface area contributed by atoms with E-state index in [2.05, 4.69) is 10.6 Å². The molecule has 0 fully saturated rings. The molecular formula is C20H22N2O5S. The van der Waals surface area contributed by atoms with Crippen LogP contribution in [0, 0.1) is 13.8 Å². The molecular weight excluding hydrogens is 380 g/mol. The van der Waals surface area contributed by atoms with E-state index in [-0.39, 0.29) is 29.7 Å². The molecule has 1 unspecified atom stereocenters. The van der Waals surface area contributed by atoms with Crippen LogP contribution >= 0.6 is 0 Å². The lowest BCUT2D eigenvalue weighted by Gasteiger charge is -2.19. The van der Waals surface area contributed by atoms with Crippen LogP contribution in [0.5, 0.6) is 5.75 Å². The maximum absolute atomic E-state index is 12.9. The molecule has 148 valence electrons. The second kappa shape index (κ2) is 7.63. The molecule has 3 rings (SSSR count). The lowest BCUT2D eigenvalue weighted by Crippen LogP contribution is -2.27. The van der Waals surface area contributed by atoms with Gasteiger partial charge in [-0.15, -0.1) is 0 Å². The Morgan fingerprint density at radius 2 is 1.96 bits per heavy atom. The average Bonchev–Trinajstić information content (AvgIpc) is 2.63. The summed E-state index contributed by atoms with van der Waals surface area (Å²) < 4.78 is 31.0. The van der Waals surface area contributed by atoms with Crippen molar-refractivity contribution in [3.05, 3.63) is 47.5 Å². The molecule has 2 N–H and O–H groups in total. The number of hydrogen-bond acceptors (Lipinski definition) is 5. The summed E-state index contributed by atoms with van der Waals surface area (Å²) in [7, 11) is -3.74. The van der Waals surface area contributed by atoms with Gasteiger partial charge in [0, 0.05) is 18.2 Å². The SMILES string of the molecule is Cc1ccc(NC(=O)CC(C)S(=O)(=O)c2ccc3c(c2)OCC(=O)N3)c(C)c1. The van der Waals surface area contributed by atoms with Crippen molar-refractivity contribution >= 4 is 33.0 Å². The van der Waals surface area contributed by atoms with Gasteiger partial charge in [0.05, 0.1) is 15.8 Å². The first kappa shape index (κ1) is 19.9. The second-order valence-corrected chi connectivity index (χ2v) is 9.29. The highest BCUT2D eigenvalue weighted by atomic mass is 32.2. The minimum absolute atomic E-state index is 0.0502. The van der Waals surface area contributed by atoms with Crippen LogP contribution in [-0.2, 0) is 19.4 Å². The summed E-state index contributed by atoms with van der Waals surface area (Å²) in [6.07, 6.45) is -0.176. The third kappa shape index (κ3) is 4.17. The zero-order chi connectivity index (χ0) is 20.5. The van der Waals surface area contributed by atoms with Gasteiger partial charge in [-0.3, -0.25) is 9.59 Å². The van der Waals surface area contributed by atoms with Crippen LogP contribution in [0.3, 0.4) is 0 Å². The first-order valence-electron chi connectivity index (χ1n) is 8.84. The van der Waals surface area contributed by atoms with Gasteiger partial charge in [0.1, 0.15) is 5.75 Å². The van der Waals surface area contributed by atoms with Crippen LogP contribution in [-0.4, -0.2) is 32.1 Å². The molecule has 8 heteroatoms. The average molecular weight is 402 g/mol. The fourth-order valence-electron chi connectivity index (χ4n) is 2.99. The van der Waals surface area contributed by atoms with Crippen molar-refractivity contribution < 1.29 is 22.7 Å². The number of anilines is 2. The van der Waals surface area contributed by atoms with Gasteiger partial charge in [0.25, 0.3) is 5.91 Å². The monoisotopic (exact) mass is 402 g/mol. The number of sulfone groups is 1. The molecule has 1 heterocycles. The van der Waals surface area contributed by atoms with Crippen molar-refractivity contribution in [2.45, 2.75) is 37.3 Å². The number of nitrogens with one attached hydrogen (secondary N) is 2. The highest BCUT2D eigenvalue weighted by Crippen LogP contribution is 2.32. The molecule has 0 radical (unpaired) electrons. The van der Waals surface area contributed by atoms with Crippen molar-refractivity contribution in [3.63, 3.8) is 0 Å². The maximum Gasteiger partial charge on any atom is 0.262 e. The van der Waals surface area contributed by atoms with Gasteiger partial charge >= 0.3 is 0 Å². The largest absolute Gasteiger partial charge is 0.482 e. The van der Waals surface area contributed by atoms with E-state index >= 15 is 0 Å². The van der Waals surface area contributed by atoms with E-state index in [1.165, 1.54) is 25.1 Å². The van der Waals surface area contributed by atoms with Crippen LogP contribution in [0.25, 0.3) is 0 Å². The van der Waals surface area contributed by atoms with Crippen molar-refractivity contribution in [3.8, 4) is 5.75 Å². The lowest BCUT2D eigenvalue weighted by atomic mass is 10.1. The first-order chi connectivity index (χ1) is 13.2. The van der Waals surface area contributed by atoms with Crippen LogP contribution in [0.15, 0.2) is 41.3 Å². The Morgan fingerprint density at radius 3 is 2.68 bits per heavy atom. The van der Waals surface area contributed by atoms with Gasteiger partial charge in [0.15, 0.2) is 16.4 Å². The van der Waals surface area contributed by atoms with Gasteiger partial charge in [-0.25, -0.2) is 8.42 Å². The summed E-state index contributed by atoms with van der Waals surface area (Å²) in [5, 5.41) is 4.46. The fourth-order valence-corrected chi connectivity index (χ4v) is 4.35. The fraction of sp³-hybridized carbons (Fsp3) is 0.300. The van der Waals surface area contributed by atoms with Crippen molar-refractivity contribution in [2.75, 3.05) is 17.2 Å². The zero-order valence-electron chi connectivity index (χ0n) is 15.9. The van der Waals surface area contributed by atoms with E-state index < -0.39 is 15.1 Å². The Kier molecular flexibility index (Phi) is 5.42. The number of rotatable bonds is 5. The Bertz CT molecular complexity index is 1050. The molecule has 2 aromatic carbocycles.